The minimum atomic E-state index is -0.295. The van der Waals surface area contributed by atoms with E-state index in [0.29, 0.717) is 27.0 Å². The molecular formula is C47H50Cl2F2N6O4. The molecule has 4 aliphatic heterocycles. The highest BCUT2D eigenvalue weighted by Crippen LogP contribution is 2.33. The Labute approximate surface area is 365 Å². The van der Waals surface area contributed by atoms with E-state index in [1.807, 2.05) is 40.1 Å². The quantitative estimate of drug-likeness (QED) is 0.117. The van der Waals surface area contributed by atoms with Gasteiger partial charge < -0.3 is 25.6 Å². The van der Waals surface area contributed by atoms with E-state index in [2.05, 4.69) is 15.1 Å². The van der Waals surface area contributed by atoms with Gasteiger partial charge in [0, 0.05) is 104 Å². The van der Waals surface area contributed by atoms with Crippen molar-refractivity contribution in [3.05, 3.63) is 141 Å². The third-order valence-electron chi connectivity index (χ3n) is 11.7. The average molecular weight is 872 g/mol. The molecule has 4 aromatic rings. The van der Waals surface area contributed by atoms with Gasteiger partial charge in [0.05, 0.1) is 0 Å². The van der Waals surface area contributed by atoms with Crippen LogP contribution >= 0.6 is 23.2 Å². The predicted molar refractivity (Wildman–Crippen MR) is 237 cm³/mol. The number of halogens is 4. The van der Waals surface area contributed by atoms with Crippen LogP contribution in [0.3, 0.4) is 0 Å². The van der Waals surface area contributed by atoms with Gasteiger partial charge in [-0.2, -0.15) is 0 Å². The number of nitrogens with one attached hydrogen (secondary N) is 1. The van der Waals surface area contributed by atoms with Crippen molar-refractivity contribution in [3.63, 3.8) is 0 Å². The van der Waals surface area contributed by atoms with Gasteiger partial charge in [0.2, 0.25) is 17.7 Å². The van der Waals surface area contributed by atoms with E-state index in [-0.39, 0.29) is 60.1 Å². The molecule has 4 bridgehead atoms. The van der Waals surface area contributed by atoms with Gasteiger partial charge >= 0.3 is 0 Å². The molecule has 4 unspecified atom stereocenters. The Morgan fingerprint density at radius 2 is 1.10 bits per heavy atom. The monoisotopic (exact) mass is 870 g/mol. The van der Waals surface area contributed by atoms with Gasteiger partial charge in [0.15, 0.2) is 0 Å². The Hall–Kier alpha value is -5.11. The van der Waals surface area contributed by atoms with Crippen molar-refractivity contribution in [2.45, 2.75) is 62.9 Å². The van der Waals surface area contributed by atoms with Crippen LogP contribution in [0.15, 0.2) is 97.1 Å². The van der Waals surface area contributed by atoms with Crippen molar-refractivity contribution < 1.29 is 27.9 Å². The number of likely N-dealkylation sites (tertiary alicyclic amines) is 2. The van der Waals surface area contributed by atoms with Crippen LogP contribution in [-0.2, 0) is 32.2 Å². The van der Waals surface area contributed by atoms with Gasteiger partial charge in [-0.15, -0.1) is 0 Å². The SMILES string of the molecule is COCC(=O)Nc1cc(Cl)ccc1/C=C/C(=O)N1C2CCC1CN(Cc1ccc(F)cc1)C2.Nc1cc(Cl)ccc1/C=C/C(=O)N1C2CCC1CN(Cc1ccc(F)cc1)C2. The van der Waals surface area contributed by atoms with E-state index in [9.17, 15) is 23.2 Å². The summed E-state index contributed by atoms with van der Waals surface area (Å²) < 4.78 is 31.1. The summed E-state index contributed by atoms with van der Waals surface area (Å²) in [6.45, 7) is 4.75. The molecule has 10 nitrogen and oxygen atoms in total. The van der Waals surface area contributed by atoms with Crippen LogP contribution in [-0.4, -0.2) is 101 Å². The molecule has 4 atom stereocenters. The van der Waals surface area contributed by atoms with Gasteiger partial charge in [-0.25, -0.2) is 8.78 Å². The molecule has 3 N–H and O–H groups in total. The third-order valence-corrected chi connectivity index (χ3v) is 12.2. The van der Waals surface area contributed by atoms with E-state index < -0.39 is 0 Å². The summed E-state index contributed by atoms with van der Waals surface area (Å²) in [5.74, 6) is -0.747. The Morgan fingerprint density at radius 1 is 0.672 bits per heavy atom. The number of nitrogens with zero attached hydrogens (tertiary/aromatic N) is 4. The summed E-state index contributed by atoms with van der Waals surface area (Å²) in [5.41, 5.74) is 10.7. The second-order valence-corrected chi connectivity index (χ2v) is 16.9. The highest BCUT2D eigenvalue weighted by Gasteiger charge is 2.43. The van der Waals surface area contributed by atoms with Crippen molar-refractivity contribution in [1.82, 2.24) is 19.6 Å². The first-order chi connectivity index (χ1) is 29.4. The number of amides is 3. The fourth-order valence-corrected chi connectivity index (χ4v) is 9.30. The van der Waals surface area contributed by atoms with Crippen molar-refractivity contribution in [1.29, 1.82) is 0 Å². The minimum Gasteiger partial charge on any atom is -0.398 e. The number of methoxy groups -OCH3 is 1. The third kappa shape index (κ3) is 11.4. The van der Waals surface area contributed by atoms with Crippen molar-refractivity contribution in [3.8, 4) is 0 Å². The Balaban J connectivity index is 0.000000186. The number of anilines is 2. The molecular weight excluding hydrogens is 821 g/mol. The zero-order chi connectivity index (χ0) is 43.0. The normalized spacial score (nSPS) is 21.2. The van der Waals surface area contributed by atoms with Crippen LogP contribution in [0.1, 0.15) is 47.9 Å². The molecule has 4 aliphatic rings. The topological polar surface area (TPSA) is 111 Å². The summed E-state index contributed by atoms with van der Waals surface area (Å²) in [5, 5.41) is 3.83. The van der Waals surface area contributed by atoms with E-state index in [0.717, 1.165) is 81.6 Å². The highest BCUT2D eigenvalue weighted by molar-refractivity contribution is 6.31. The second-order valence-electron chi connectivity index (χ2n) is 16.1. The fraction of sp³-hybridized carbons (Fsp3) is 0.340. The van der Waals surface area contributed by atoms with E-state index in [4.69, 9.17) is 33.7 Å². The van der Waals surface area contributed by atoms with Gasteiger partial charge in [-0.3, -0.25) is 24.2 Å². The summed E-state index contributed by atoms with van der Waals surface area (Å²) in [6, 6.07) is 24.4. The lowest BCUT2D eigenvalue weighted by molar-refractivity contribution is -0.132. The number of carbonyl (C=O) groups is 3. The maximum absolute atomic E-state index is 13.2. The fourth-order valence-electron chi connectivity index (χ4n) is 8.95. The summed E-state index contributed by atoms with van der Waals surface area (Å²) in [7, 11) is 1.45. The molecule has 4 fully saturated rings. The number of fused-ring (bicyclic) bond motifs is 4. The second kappa shape index (κ2) is 20.2. The number of nitrogens with two attached hydrogens (primary N) is 1. The lowest BCUT2D eigenvalue weighted by Gasteiger charge is -2.40. The minimum absolute atomic E-state index is 0.0308. The van der Waals surface area contributed by atoms with E-state index in [1.54, 1.807) is 54.6 Å². The molecule has 0 aliphatic carbocycles. The first kappa shape index (κ1) is 44.0. The summed E-state index contributed by atoms with van der Waals surface area (Å²) in [4.78, 5) is 46.5. The maximum Gasteiger partial charge on any atom is 0.250 e. The smallest absolute Gasteiger partial charge is 0.250 e. The van der Waals surface area contributed by atoms with Crippen molar-refractivity contribution in [2.75, 3.05) is 50.9 Å². The molecule has 14 heteroatoms. The predicted octanol–water partition coefficient (Wildman–Crippen LogP) is 7.90. The molecule has 320 valence electrons. The number of rotatable bonds is 11. The van der Waals surface area contributed by atoms with E-state index >= 15 is 0 Å². The van der Waals surface area contributed by atoms with Gasteiger partial charge in [0.1, 0.15) is 18.2 Å². The molecule has 4 saturated heterocycles. The first-order valence-corrected chi connectivity index (χ1v) is 21.3. The molecule has 3 amide bonds. The van der Waals surface area contributed by atoms with Crippen LogP contribution in [0.2, 0.25) is 10.0 Å². The van der Waals surface area contributed by atoms with Gasteiger partial charge in [0.25, 0.3) is 0 Å². The molecule has 4 aromatic carbocycles. The molecule has 0 aromatic heterocycles. The Kier molecular flexibility index (Phi) is 14.5. The van der Waals surface area contributed by atoms with Crippen LogP contribution < -0.4 is 11.1 Å². The van der Waals surface area contributed by atoms with Crippen molar-refractivity contribution in [2.24, 2.45) is 0 Å². The van der Waals surface area contributed by atoms with Crippen molar-refractivity contribution >= 4 is 64.5 Å². The molecule has 8 rings (SSSR count). The first-order valence-electron chi connectivity index (χ1n) is 20.5. The van der Waals surface area contributed by atoms with Crippen LogP contribution in [0.25, 0.3) is 12.2 Å². The zero-order valence-corrected chi connectivity index (χ0v) is 35.5. The summed E-state index contributed by atoms with van der Waals surface area (Å²) in [6.07, 6.45) is 10.6. The number of hydrogen-bond acceptors (Lipinski definition) is 7. The lowest BCUT2D eigenvalue weighted by Crippen LogP contribution is -2.55. The van der Waals surface area contributed by atoms with Crippen LogP contribution in [0.4, 0.5) is 20.2 Å². The van der Waals surface area contributed by atoms with Crippen LogP contribution in [0, 0.1) is 11.6 Å². The zero-order valence-electron chi connectivity index (χ0n) is 34.0. The molecule has 0 saturated carbocycles. The standard InChI is InChI=1S/C25H27ClFN3O3.C22H23ClFN3O/c1-33-16-24(31)28-23-12-19(26)6-4-18(23)5-11-25(32)30-21-9-10-22(30)15-29(14-21)13-17-2-7-20(27)8-3-17;23-17-5-3-16(21(25)11-17)4-10-22(28)27-19-8-9-20(27)14-26(13-19)12-15-1-6-18(24)7-2-15/h2-8,11-12,21-22H,9-10,13-16H2,1H3,(H,28,31);1-7,10-11,19-20H,8-9,12-14,25H2/b11-5+;10-4+. The number of nitrogen functional groups attached to an aromatic ring is 1. The summed E-state index contributed by atoms with van der Waals surface area (Å²) >= 11 is 12.0. The molecule has 0 spiro atoms. The number of hydrogen-bond donors (Lipinski definition) is 2. The largest absolute Gasteiger partial charge is 0.398 e. The van der Waals surface area contributed by atoms with Gasteiger partial charge in [-0.05, 0) is 109 Å². The Bertz CT molecular complexity index is 2230. The molecule has 61 heavy (non-hydrogen) atoms. The molecule has 4 heterocycles. The average Bonchev–Trinajstić information content (AvgIpc) is 3.66. The van der Waals surface area contributed by atoms with Gasteiger partial charge in [-0.1, -0.05) is 59.6 Å². The van der Waals surface area contributed by atoms with E-state index in [1.165, 1.54) is 31.4 Å². The number of ether oxygens (including phenoxy) is 1. The number of carbonyl (C=O) groups excluding carboxylic acids is 3. The number of piperazine rings is 2. The maximum atomic E-state index is 13.2. The highest BCUT2D eigenvalue weighted by atomic mass is 35.5. The van der Waals surface area contributed by atoms with Crippen LogP contribution in [0.5, 0.6) is 0 Å². The molecule has 0 radical (unpaired) electrons. The Morgan fingerprint density at radius 3 is 1.54 bits per heavy atom. The number of benzene rings is 4. The lowest BCUT2D eigenvalue weighted by atomic mass is 10.1.